The van der Waals surface area contributed by atoms with E-state index in [1.54, 1.807) is 18.0 Å². The molecule has 7 nitrogen and oxygen atoms in total. The van der Waals surface area contributed by atoms with E-state index in [0.29, 0.717) is 23.0 Å². The number of ether oxygens (including phenoxy) is 2. The second-order valence-electron chi connectivity index (χ2n) is 6.56. The highest BCUT2D eigenvalue weighted by Crippen LogP contribution is 2.29. The smallest absolute Gasteiger partial charge is 0.272 e. The number of hydrogen-bond acceptors (Lipinski definition) is 5. The first kappa shape index (κ1) is 22.2. The molecule has 1 atom stereocenters. The molecule has 3 rings (SSSR count). The van der Waals surface area contributed by atoms with E-state index in [0.717, 1.165) is 11.1 Å². The number of benzene rings is 2. The fourth-order valence-corrected chi connectivity index (χ4v) is 3.45. The molecule has 158 valence electrons. The summed E-state index contributed by atoms with van der Waals surface area (Å²) in [6, 6.07) is 15.0. The van der Waals surface area contributed by atoms with Gasteiger partial charge >= 0.3 is 0 Å². The van der Waals surface area contributed by atoms with Crippen LogP contribution in [-0.2, 0) is 14.3 Å². The number of halogens is 1. The van der Waals surface area contributed by atoms with Crippen LogP contribution in [-0.4, -0.2) is 57.0 Å². The van der Waals surface area contributed by atoms with Crippen LogP contribution in [0.5, 0.6) is 0 Å². The number of methoxy groups -OCH3 is 2. The Balaban J connectivity index is 1.95. The number of benzodiazepines with no additional fused rings is 1. The number of thiocarbonyl (C=S) groups is 1. The maximum absolute atomic E-state index is 13.1. The van der Waals surface area contributed by atoms with Crippen molar-refractivity contribution in [3.8, 4) is 0 Å². The Hall–Kier alpha value is -2.52. The van der Waals surface area contributed by atoms with Gasteiger partial charge < -0.3 is 25.0 Å². The predicted molar refractivity (Wildman–Crippen MR) is 122 cm³/mol. The largest absolute Gasteiger partial charge is 0.358 e. The van der Waals surface area contributed by atoms with Crippen LogP contribution >= 0.6 is 23.8 Å². The summed E-state index contributed by atoms with van der Waals surface area (Å²) in [5, 5.41) is 6.80. The number of hydrogen-bond donors (Lipinski definition) is 2. The SMILES string of the molecule is COC(CNC(=S)NC1N=C(c2ccccc2)c2cc(Cl)ccc2N(C)C1=O)OC. The zero-order chi connectivity index (χ0) is 21.7. The number of fused-ring (bicyclic) bond motifs is 1. The molecule has 0 saturated heterocycles. The Kier molecular flexibility index (Phi) is 7.38. The highest BCUT2D eigenvalue weighted by molar-refractivity contribution is 7.80. The summed E-state index contributed by atoms with van der Waals surface area (Å²) < 4.78 is 10.3. The number of carbonyl (C=O) groups is 1. The van der Waals surface area contributed by atoms with Crippen LogP contribution in [0, 0.1) is 0 Å². The highest BCUT2D eigenvalue weighted by Gasteiger charge is 2.30. The summed E-state index contributed by atoms with van der Waals surface area (Å²) in [5.41, 5.74) is 3.01. The fraction of sp³-hybridized carbons (Fsp3) is 0.286. The number of nitrogens with one attached hydrogen (secondary N) is 2. The first-order chi connectivity index (χ1) is 14.4. The van der Waals surface area contributed by atoms with Gasteiger partial charge in [-0.25, -0.2) is 4.99 Å². The molecule has 1 unspecified atom stereocenters. The molecule has 9 heteroatoms. The van der Waals surface area contributed by atoms with Crippen LogP contribution in [0.1, 0.15) is 11.1 Å². The van der Waals surface area contributed by atoms with Crippen molar-refractivity contribution in [3.63, 3.8) is 0 Å². The monoisotopic (exact) mass is 446 g/mol. The zero-order valence-corrected chi connectivity index (χ0v) is 18.5. The van der Waals surface area contributed by atoms with Crippen molar-refractivity contribution in [2.75, 3.05) is 32.7 Å². The van der Waals surface area contributed by atoms with Crippen LogP contribution in [0.3, 0.4) is 0 Å². The summed E-state index contributed by atoms with van der Waals surface area (Å²) in [4.78, 5) is 19.4. The number of aliphatic imine (C=N–C) groups is 1. The van der Waals surface area contributed by atoms with Gasteiger partial charge in [-0.1, -0.05) is 41.9 Å². The summed E-state index contributed by atoms with van der Waals surface area (Å²) in [7, 11) is 4.78. The molecule has 1 aliphatic heterocycles. The van der Waals surface area contributed by atoms with Gasteiger partial charge in [0.05, 0.1) is 17.9 Å². The van der Waals surface area contributed by atoms with Crippen molar-refractivity contribution in [2.45, 2.75) is 12.5 Å². The van der Waals surface area contributed by atoms with Gasteiger partial charge in [-0.2, -0.15) is 0 Å². The standard InChI is InChI=1S/C21H23ClN4O3S/c1-26-16-10-9-14(22)11-15(16)18(13-7-5-4-6-8-13)24-19(20(26)27)25-21(30)23-12-17(28-2)29-3/h4-11,17,19H,12H2,1-3H3,(H2,23,25,30). The van der Waals surface area contributed by atoms with E-state index >= 15 is 0 Å². The number of likely N-dealkylation sites (N-methyl/N-ethyl adjacent to an activating group) is 1. The van der Waals surface area contributed by atoms with Gasteiger partial charge in [0.1, 0.15) is 0 Å². The molecule has 0 saturated carbocycles. The molecule has 0 spiro atoms. The summed E-state index contributed by atoms with van der Waals surface area (Å²) in [6.45, 7) is 0.320. The summed E-state index contributed by atoms with van der Waals surface area (Å²) in [5.74, 6) is -0.247. The maximum Gasteiger partial charge on any atom is 0.272 e. The van der Waals surface area contributed by atoms with Crippen molar-refractivity contribution in [3.05, 3.63) is 64.7 Å². The van der Waals surface area contributed by atoms with Gasteiger partial charge in [-0.3, -0.25) is 4.79 Å². The quantitative estimate of drug-likeness (QED) is 0.524. The molecule has 1 amide bonds. The second kappa shape index (κ2) is 9.99. The van der Waals surface area contributed by atoms with E-state index in [2.05, 4.69) is 10.6 Å². The molecule has 0 radical (unpaired) electrons. The summed E-state index contributed by atoms with van der Waals surface area (Å²) >= 11 is 11.6. The van der Waals surface area contributed by atoms with Gasteiger partial charge in [0.15, 0.2) is 11.4 Å². The average molecular weight is 447 g/mol. The van der Waals surface area contributed by atoms with Crippen LogP contribution in [0.25, 0.3) is 0 Å². The predicted octanol–water partition coefficient (Wildman–Crippen LogP) is 2.56. The van der Waals surface area contributed by atoms with Gasteiger partial charge in [0.25, 0.3) is 5.91 Å². The van der Waals surface area contributed by atoms with Crippen LogP contribution in [0.2, 0.25) is 5.02 Å². The number of nitrogens with zero attached hydrogens (tertiary/aromatic N) is 2. The fourth-order valence-electron chi connectivity index (χ4n) is 3.08. The normalized spacial score (nSPS) is 16.0. The molecule has 2 aromatic carbocycles. The summed E-state index contributed by atoms with van der Waals surface area (Å²) in [6.07, 6.45) is -1.38. The van der Waals surface area contributed by atoms with Gasteiger partial charge in [-0.15, -0.1) is 0 Å². The molecule has 0 fully saturated rings. The van der Waals surface area contributed by atoms with E-state index in [1.165, 1.54) is 14.2 Å². The topological polar surface area (TPSA) is 75.2 Å². The Morgan fingerprint density at radius 3 is 2.60 bits per heavy atom. The Labute approximate surface area is 186 Å². The van der Waals surface area contributed by atoms with E-state index < -0.39 is 12.5 Å². The Bertz CT molecular complexity index is 951. The molecular weight excluding hydrogens is 424 g/mol. The average Bonchev–Trinajstić information content (AvgIpc) is 2.85. The molecule has 30 heavy (non-hydrogen) atoms. The molecule has 0 bridgehead atoms. The number of anilines is 1. The number of carbonyl (C=O) groups excluding carboxylic acids is 1. The Morgan fingerprint density at radius 2 is 1.93 bits per heavy atom. The van der Waals surface area contributed by atoms with E-state index in [1.807, 2.05) is 42.5 Å². The van der Waals surface area contributed by atoms with Gasteiger partial charge in [0, 0.05) is 37.4 Å². The van der Waals surface area contributed by atoms with Crippen molar-refractivity contribution < 1.29 is 14.3 Å². The van der Waals surface area contributed by atoms with E-state index in [9.17, 15) is 4.79 Å². The number of rotatable bonds is 6. The Morgan fingerprint density at radius 1 is 1.23 bits per heavy atom. The minimum Gasteiger partial charge on any atom is -0.358 e. The van der Waals surface area contributed by atoms with Crippen molar-refractivity contribution in [1.82, 2.24) is 10.6 Å². The van der Waals surface area contributed by atoms with Crippen molar-refractivity contribution in [1.29, 1.82) is 0 Å². The van der Waals surface area contributed by atoms with Crippen molar-refractivity contribution >= 4 is 46.2 Å². The first-order valence-corrected chi connectivity index (χ1v) is 10.0. The van der Waals surface area contributed by atoms with Gasteiger partial charge in [0.2, 0.25) is 6.17 Å². The zero-order valence-electron chi connectivity index (χ0n) is 16.9. The van der Waals surface area contributed by atoms with E-state index in [4.69, 9.17) is 38.3 Å². The molecule has 0 aliphatic carbocycles. The molecular formula is C21H23ClN4O3S. The lowest BCUT2D eigenvalue weighted by Gasteiger charge is -2.22. The number of amides is 1. The minimum absolute atomic E-state index is 0.247. The van der Waals surface area contributed by atoms with Crippen LogP contribution in [0.15, 0.2) is 53.5 Å². The molecule has 0 aromatic heterocycles. The van der Waals surface area contributed by atoms with Crippen LogP contribution in [0.4, 0.5) is 5.69 Å². The molecule has 1 aliphatic rings. The van der Waals surface area contributed by atoms with Crippen molar-refractivity contribution in [2.24, 2.45) is 4.99 Å². The molecule has 2 N–H and O–H groups in total. The van der Waals surface area contributed by atoms with E-state index in [-0.39, 0.29) is 11.0 Å². The highest BCUT2D eigenvalue weighted by atomic mass is 35.5. The minimum atomic E-state index is -0.917. The lowest BCUT2D eigenvalue weighted by Crippen LogP contribution is -2.50. The maximum atomic E-state index is 13.1. The van der Waals surface area contributed by atoms with Gasteiger partial charge in [-0.05, 0) is 30.4 Å². The lowest BCUT2D eigenvalue weighted by atomic mass is 10.0. The lowest BCUT2D eigenvalue weighted by molar-refractivity contribution is -0.119. The third-order valence-electron chi connectivity index (χ3n) is 4.67. The second-order valence-corrected chi connectivity index (χ2v) is 7.41. The molecule has 1 heterocycles. The third-order valence-corrected chi connectivity index (χ3v) is 5.17. The third kappa shape index (κ3) is 4.96. The van der Waals surface area contributed by atoms with Crippen LogP contribution < -0.4 is 15.5 Å². The first-order valence-electron chi connectivity index (χ1n) is 9.25. The molecule has 2 aromatic rings.